The van der Waals surface area contributed by atoms with Crippen LogP contribution in [0.5, 0.6) is 5.75 Å². The van der Waals surface area contributed by atoms with E-state index in [1.165, 1.54) is 12.1 Å². The second-order valence-electron chi connectivity index (χ2n) is 5.50. The van der Waals surface area contributed by atoms with Gasteiger partial charge in [0.25, 0.3) is 0 Å². The Morgan fingerprint density at radius 3 is 2.72 bits per heavy atom. The van der Waals surface area contributed by atoms with Gasteiger partial charge in [0, 0.05) is 13.1 Å². The number of halogens is 1. The van der Waals surface area contributed by atoms with Gasteiger partial charge in [-0.05, 0) is 42.3 Å². The van der Waals surface area contributed by atoms with Crippen LogP contribution in [0.1, 0.15) is 24.2 Å². The first-order chi connectivity index (χ1) is 12.1. The summed E-state index contributed by atoms with van der Waals surface area (Å²) in [5.41, 5.74) is 1.54. The molecule has 0 heterocycles. The minimum Gasteiger partial charge on any atom is -0.497 e. The predicted molar refractivity (Wildman–Crippen MR) is 97.2 cm³/mol. The third-order valence-corrected chi connectivity index (χ3v) is 3.59. The minimum atomic E-state index is -0.701. The molecule has 2 rings (SSSR count). The fourth-order valence-electron chi connectivity index (χ4n) is 2.31. The van der Waals surface area contributed by atoms with Crippen LogP contribution >= 0.6 is 0 Å². The van der Waals surface area contributed by atoms with Gasteiger partial charge in [-0.1, -0.05) is 24.3 Å². The van der Waals surface area contributed by atoms with Gasteiger partial charge in [0.15, 0.2) is 5.96 Å². The topological polar surface area (TPSA) is 65.9 Å². The van der Waals surface area contributed by atoms with Gasteiger partial charge in [-0.15, -0.1) is 0 Å². The highest BCUT2D eigenvalue weighted by atomic mass is 19.1. The van der Waals surface area contributed by atoms with Crippen LogP contribution in [0.3, 0.4) is 0 Å². The van der Waals surface area contributed by atoms with E-state index in [9.17, 15) is 9.50 Å². The number of hydrogen-bond donors (Lipinski definition) is 3. The van der Waals surface area contributed by atoms with Gasteiger partial charge in [0.2, 0.25) is 0 Å². The SMILES string of the molecule is CCNC(=NCc1cccc(F)c1)NCC(O)c1cccc(OC)c1. The van der Waals surface area contributed by atoms with Crippen LogP contribution in [0, 0.1) is 5.82 Å². The van der Waals surface area contributed by atoms with Crippen LogP contribution in [-0.4, -0.2) is 31.3 Å². The summed E-state index contributed by atoms with van der Waals surface area (Å²) in [5.74, 6) is 0.982. The standard InChI is InChI=1S/C19H24FN3O2/c1-3-21-19(22-12-14-6-4-8-16(20)10-14)23-13-18(24)15-7-5-9-17(11-15)25-2/h4-11,18,24H,3,12-13H2,1-2H3,(H2,21,22,23). The second kappa shape index (κ2) is 9.64. The number of hydrogen-bond acceptors (Lipinski definition) is 3. The number of ether oxygens (including phenoxy) is 1. The molecule has 0 aromatic heterocycles. The number of rotatable bonds is 7. The first-order valence-electron chi connectivity index (χ1n) is 8.21. The predicted octanol–water partition coefficient (Wildman–Crippen LogP) is 2.62. The number of methoxy groups -OCH3 is 1. The van der Waals surface area contributed by atoms with Gasteiger partial charge in [0.05, 0.1) is 19.8 Å². The van der Waals surface area contributed by atoms with Gasteiger partial charge >= 0.3 is 0 Å². The van der Waals surface area contributed by atoms with Crippen molar-refractivity contribution in [3.63, 3.8) is 0 Å². The molecule has 6 heteroatoms. The van der Waals surface area contributed by atoms with Gasteiger partial charge < -0.3 is 20.5 Å². The first-order valence-corrected chi connectivity index (χ1v) is 8.21. The maximum absolute atomic E-state index is 13.2. The van der Waals surface area contributed by atoms with Crippen molar-refractivity contribution in [2.45, 2.75) is 19.6 Å². The normalized spacial score (nSPS) is 12.6. The quantitative estimate of drug-likeness (QED) is 0.533. The summed E-state index contributed by atoms with van der Waals surface area (Å²) in [7, 11) is 1.59. The number of guanidine groups is 1. The molecule has 0 fully saturated rings. The molecule has 0 saturated carbocycles. The van der Waals surface area contributed by atoms with Crippen molar-refractivity contribution < 1.29 is 14.2 Å². The average Bonchev–Trinajstić information content (AvgIpc) is 2.64. The van der Waals surface area contributed by atoms with Crippen molar-refractivity contribution in [2.24, 2.45) is 4.99 Å². The zero-order valence-corrected chi connectivity index (χ0v) is 14.5. The number of nitrogens with zero attached hydrogens (tertiary/aromatic N) is 1. The zero-order valence-electron chi connectivity index (χ0n) is 14.5. The zero-order chi connectivity index (χ0) is 18.1. The molecule has 0 spiro atoms. The van der Waals surface area contributed by atoms with Gasteiger partial charge in [0.1, 0.15) is 11.6 Å². The second-order valence-corrected chi connectivity index (χ2v) is 5.50. The summed E-state index contributed by atoms with van der Waals surface area (Å²) in [6.07, 6.45) is -0.701. The molecule has 134 valence electrons. The van der Waals surface area contributed by atoms with E-state index >= 15 is 0 Å². The van der Waals surface area contributed by atoms with E-state index in [1.54, 1.807) is 19.2 Å². The molecular formula is C19H24FN3O2. The number of benzene rings is 2. The fourth-order valence-corrected chi connectivity index (χ4v) is 2.31. The largest absolute Gasteiger partial charge is 0.497 e. The van der Waals surface area contributed by atoms with E-state index in [4.69, 9.17) is 4.74 Å². The molecule has 0 aliphatic carbocycles. The Bertz CT molecular complexity index is 707. The Morgan fingerprint density at radius 1 is 1.20 bits per heavy atom. The van der Waals surface area contributed by atoms with Crippen LogP contribution in [0.4, 0.5) is 4.39 Å². The molecule has 0 saturated heterocycles. The van der Waals surface area contributed by atoms with Crippen LogP contribution in [0.15, 0.2) is 53.5 Å². The maximum atomic E-state index is 13.2. The van der Waals surface area contributed by atoms with Crippen LogP contribution in [0.25, 0.3) is 0 Å². The molecule has 2 aromatic carbocycles. The Hall–Kier alpha value is -2.60. The van der Waals surface area contributed by atoms with Crippen molar-refractivity contribution >= 4 is 5.96 Å². The molecule has 0 bridgehead atoms. The monoisotopic (exact) mass is 345 g/mol. The highest BCUT2D eigenvalue weighted by molar-refractivity contribution is 5.79. The molecule has 0 aliphatic heterocycles. The molecule has 0 amide bonds. The maximum Gasteiger partial charge on any atom is 0.191 e. The van der Waals surface area contributed by atoms with E-state index in [0.29, 0.717) is 31.3 Å². The Labute approximate surface area is 147 Å². The van der Waals surface area contributed by atoms with E-state index in [2.05, 4.69) is 15.6 Å². The van der Waals surface area contributed by atoms with E-state index in [0.717, 1.165) is 11.1 Å². The van der Waals surface area contributed by atoms with Gasteiger partial charge in [-0.2, -0.15) is 0 Å². The van der Waals surface area contributed by atoms with Crippen molar-refractivity contribution in [1.29, 1.82) is 0 Å². The molecule has 0 aliphatic rings. The van der Waals surface area contributed by atoms with Crippen LogP contribution in [-0.2, 0) is 6.54 Å². The summed E-state index contributed by atoms with van der Waals surface area (Å²) in [5, 5.41) is 16.5. The van der Waals surface area contributed by atoms with Crippen LogP contribution in [0.2, 0.25) is 0 Å². The molecule has 5 nitrogen and oxygen atoms in total. The van der Waals surface area contributed by atoms with Crippen molar-refractivity contribution in [3.8, 4) is 5.75 Å². The molecule has 2 aromatic rings. The summed E-state index contributed by atoms with van der Waals surface area (Å²) in [6.45, 7) is 3.28. The van der Waals surface area contributed by atoms with Crippen molar-refractivity contribution in [1.82, 2.24) is 10.6 Å². The molecule has 25 heavy (non-hydrogen) atoms. The van der Waals surface area contributed by atoms with Crippen molar-refractivity contribution in [2.75, 3.05) is 20.2 Å². The smallest absolute Gasteiger partial charge is 0.191 e. The van der Waals surface area contributed by atoms with Gasteiger partial charge in [-0.25, -0.2) is 9.38 Å². The third kappa shape index (κ3) is 6.08. The number of nitrogens with one attached hydrogen (secondary N) is 2. The first kappa shape index (κ1) is 18.7. The fraction of sp³-hybridized carbons (Fsp3) is 0.316. The molecule has 1 atom stereocenters. The summed E-state index contributed by atoms with van der Waals surface area (Å²) >= 11 is 0. The minimum absolute atomic E-state index is 0.279. The average molecular weight is 345 g/mol. The molecule has 3 N–H and O–H groups in total. The van der Waals surface area contributed by atoms with Gasteiger partial charge in [-0.3, -0.25) is 0 Å². The van der Waals surface area contributed by atoms with E-state index < -0.39 is 6.10 Å². The summed E-state index contributed by atoms with van der Waals surface area (Å²) in [6, 6.07) is 13.6. The Kier molecular flexibility index (Phi) is 7.22. The molecule has 0 radical (unpaired) electrons. The Morgan fingerprint density at radius 2 is 2.00 bits per heavy atom. The molecule has 1 unspecified atom stereocenters. The lowest BCUT2D eigenvalue weighted by molar-refractivity contribution is 0.180. The van der Waals surface area contributed by atoms with Crippen molar-refractivity contribution in [3.05, 3.63) is 65.5 Å². The summed E-state index contributed by atoms with van der Waals surface area (Å²) in [4.78, 5) is 4.42. The Balaban J connectivity index is 1.97. The lowest BCUT2D eigenvalue weighted by Crippen LogP contribution is -2.39. The lowest BCUT2D eigenvalue weighted by atomic mass is 10.1. The number of aliphatic imine (C=N–C) groups is 1. The molecular weight excluding hydrogens is 321 g/mol. The highest BCUT2D eigenvalue weighted by Crippen LogP contribution is 2.18. The van der Waals surface area contributed by atoms with E-state index in [-0.39, 0.29) is 5.82 Å². The van der Waals surface area contributed by atoms with E-state index in [1.807, 2.05) is 31.2 Å². The third-order valence-electron chi connectivity index (χ3n) is 3.59. The number of aliphatic hydroxyl groups excluding tert-OH is 1. The summed E-state index contributed by atoms with van der Waals surface area (Å²) < 4.78 is 18.4. The lowest BCUT2D eigenvalue weighted by Gasteiger charge is -2.16. The number of aliphatic hydroxyl groups is 1. The van der Waals surface area contributed by atoms with Crippen LogP contribution < -0.4 is 15.4 Å². The highest BCUT2D eigenvalue weighted by Gasteiger charge is 2.09.